The van der Waals surface area contributed by atoms with E-state index in [0.29, 0.717) is 28.4 Å². The SMILES string of the molecule is COc1cc(OC)cc(OC(=O)c2ccc(C#N)cc2)c1. The maximum atomic E-state index is 12.0. The lowest BCUT2D eigenvalue weighted by molar-refractivity contribution is 0.0734. The molecule has 21 heavy (non-hydrogen) atoms. The number of methoxy groups -OCH3 is 2. The largest absolute Gasteiger partial charge is 0.496 e. The Balaban J connectivity index is 2.20. The third-order valence-electron chi connectivity index (χ3n) is 2.79. The van der Waals surface area contributed by atoms with Gasteiger partial charge in [0.2, 0.25) is 0 Å². The first kappa shape index (κ1) is 14.4. The first-order valence-electron chi connectivity index (χ1n) is 6.11. The van der Waals surface area contributed by atoms with E-state index in [0.717, 1.165) is 0 Å². The summed E-state index contributed by atoms with van der Waals surface area (Å²) in [4.78, 5) is 12.0. The normalized spacial score (nSPS) is 9.57. The maximum Gasteiger partial charge on any atom is 0.343 e. The number of hydrogen-bond acceptors (Lipinski definition) is 5. The van der Waals surface area contributed by atoms with Crippen LogP contribution >= 0.6 is 0 Å². The van der Waals surface area contributed by atoms with Gasteiger partial charge in [-0.1, -0.05) is 0 Å². The topological polar surface area (TPSA) is 68.6 Å². The van der Waals surface area contributed by atoms with Crippen LogP contribution in [0.25, 0.3) is 0 Å². The van der Waals surface area contributed by atoms with Gasteiger partial charge in [0.1, 0.15) is 17.2 Å². The van der Waals surface area contributed by atoms with Crippen molar-refractivity contribution in [2.75, 3.05) is 14.2 Å². The number of rotatable bonds is 4. The van der Waals surface area contributed by atoms with E-state index in [1.54, 1.807) is 30.3 Å². The van der Waals surface area contributed by atoms with Crippen LogP contribution in [0, 0.1) is 11.3 Å². The first-order chi connectivity index (χ1) is 10.2. The van der Waals surface area contributed by atoms with E-state index in [-0.39, 0.29) is 0 Å². The quantitative estimate of drug-likeness (QED) is 0.637. The molecule has 0 spiro atoms. The molecule has 0 radical (unpaired) electrons. The Labute approximate surface area is 122 Å². The van der Waals surface area contributed by atoms with Gasteiger partial charge in [-0.25, -0.2) is 4.79 Å². The molecule has 0 aliphatic heterocycles. The van der Waals surface area contributed by atoms with Crippen LogP contribution in [0.2, 0.25) is 0 Å². The average molecular weight is 283 g/mol. The Morgan fingerprint density at radius 2 is 1.48 bits per heavy atom. The molecule has 0 bridgehead atoms. The van der Waals surface area contributed by atoms with E-state index in [1.165, 1.54) is 26.4 Å². The minimum atomic E-state index is -0.519. The number of esters is 1. The molecule has 0 unspecified atom stereocenters. The fourth-order valence-electron chi connectivity index (χ4n) is 1.69. The molecule has 0 atom stereocenters. The predicted molar refractivity (Wildman–Crippen MR) is 75.7 cm³/mol. The Bertz CT molecular complexity index is 664. The number of hydrogen-bond donors (Lipinski definition) is 0. The van der Waals surface area contributed by atoms with Crippen molar-refractivity contribution in [3.8, 4) is 23.3 Å². The van der Waals surface area contributed by atoms with E-state index >= 15 is 0 Å². The number of ether oxygens (including phenoxy) is 3. The van der Waals surface area contributed by atoms with Gasteiger partial charge in [0, 0.05) is 18.2 Å². The zero-order valence-corrected chi connectivity index (χ0v) is 11.6. The second-order valence-electron chi connectivity index (χ2n) is 4.13. The number of carbonyl (C=O) groups is 1. The zero-order chi connectivity index (χ0) is 15.2. The summed E-state index contributed by atoms with van der Waals surface area (Å²) in [5, 5.41) is 8.72. The molecule has 0 saturated carbocycles. The van der Waals surface area contributed by atoms with Crippen molar-refractivity contribution in [3.63, 3.8) is 0 Å². The minimum absolute atomic E-state index is 0.320. The van der Waals surface area contributed by atoms with Gasteiger partial charge in [-0.3, -0.25) is 0 Å². The zero-order valence-electron chi connectivity index (χ0n) is 11.6. The summed E-state index contributed by atoms with van der Waals surface area (Å²) in [5.74, 6) is 0.851. The van der Waals surface area contributed by atoms with Crippen molar-refractivity contribution in [2.24, 2.45) is 0 Å². The molecule has 0 aliphatic rings. The molecule has 0 amide bonds. The van der Waals surface area contributed by atoms with E-state index in [9.17, 15) is 4.79 Å². The van der Waals surface area contributed by atoms with E-state index in [2.05, 4.69) is 0 Å². The summed E-state index contributed by atoms with van der Waals surface area (Å²) in [6, 6.07) is 13.0. The predicted octanol–water partition coefficient (Wildman–Crippen LogP) is 2.79. The highest BCUT2D eigenvalue weighted by Crippen LogP contribution is 2.27. The fraction of sp³-hybridized carbons (Fsp3) is 0.125. The van der Waals surface area contributed by atoms with Gasteiger partial charge in [-0.15, -0.1) is 0 Å². The Kier molecular flexibility index (Phi) is 4.42. The number of carbonyl (C=O) groups excluding carboxylic acids is 1. The average Bonchev–Trinajstić information content (AvgIpc) is 2.54. The Morgan fingerprint density at radius 3 is 1.95 bits per heavy atom. The molecular formula is C16H13NO4. The van der Waals surface area contributed by atoms with Crippen LogP contribution in [0.5, 0.6) is 17.2 Å². The van der Waals surface area contributed by atoms with Crippen LogP contribution in [0.15, 0.2) is 42.5 Å². The fourth-order valence-corrected chi connectivity index (χ4v) is 1.69. The molecule has 106 valence electrons. The Hall–Kier alpha value is -3.00. The summed E-state index contributed by atoms with van der Waals surface area (Å²) >= 11 is 0. The van der Waals surface area contributed by atoms with Crippen LogP contribution in [-0.4, -0.2) is 20.2 Å². The van der Waals surface area contributed by atoms with Crippen molar-refractivity contribution >= 4 is 5.97 Å². The maximum absolute atomic E-state index is 12.0. The molecule has 0 aliphatic carbocycles. The highest BCUT2D eigenvalue weighted by Gasteiger charge is 2.10. The van der Waals surface area contributed by atoms with Crippen LogP contribution in [0.4, 0.5) is 0 Å². The molecule has 2 aromatic rings. The second kappa shape index (κ2) is 6.44. The number of nitrogens with zero attached hydrogens (tertiary/aromatic N) is 1. The molecule has 0 N–H and O–H groups in total. The van der Waals surface area contributed by atoms with Crippen molar-refractivity contribution in [1.29, 1.82) is 5.26 Å². The number of benzene rings is 2. The van der Waals surface area contributed by atoms with Gasteiger partial charge in [0.15, 0.2) is 0 Å². The number of nitriles is 1. The van der Waals surface area contributed by atoms with E-state index in [4.69, 9.17) is 19.5 Å². The standard InChI is InChI=1S/C16H13NO4/c1-19-13-7-14(20-2)9-15(8-13)21-16(18)12-5-3-11(10-17)4-6-12/h3-9H,1-2H3. The van der Waals surface area contributed by atoms with Crippen molar-refractivity contribution in [3.05, 3.63) is 53.6 Å². The van der Waals surface area contributed by atoms with Crippen LogP contribution in [0.1, 0.15) is 15.9 Å². The Morgan fingerprint density at radius 1 is 0.952 bits per heavy atom. The summed E-state index contributed by atoms with van der Waals surface area (Å²) in [6.45, 7) is 0. The lowest BCUT2D eigenvalue weighted by Crippen LogP contribution is -2.08. The van der Waals surface area contributed by atoms with Crippen LogP contribution in [0.3, 0.4) is 0 Å². The third kappa shape index (κ3) is 3.51. The highest BCUT2D eigenvalue weighted by atomic mass is 16.5. The van der Waals surface area contributed by atoms with Crippen LogP contribution < -0.4 is 14.2 Å². The van der Waals surface area contributed by atoms with Gasteiger partial charge < -0.3 is 14.2 Å². The molecule has 0 saturated heterocycles. The monoisotopic (exact) mass is 283 g/mol. The molecular weight excluding hydrogens is 270 g/mol. The van der Waals surface area contributed by atoms with Gasteiger partial charge in [-0.05, 0) is 24.3 Å². The summed E-state index contributed by atoms with van der Waals surface area (Å²) in [7, 11) is 3.03. The summed E-state index contributed by atoms with van der Waals surface area (Å²) in [5.41, 5.74) is 0.838. The van der Waals surface area contributed by atoms with Crippen molar-refractivity contribution < 1.29 is 19.0 Å². The van der Waals surface area contributed by atoms with Gasteiger partial charge >= 0.3 is 5.97 Å². The smallest absolute Gasteiger partial charge is 0.343 e. The van der Waals surface area contributed by atoms with E-state index < -0.39 is 5.97 Å². The summed E-state index contributed by atoms with van der Waals surface area (Å²) in [6.07, 6.45) is 0. The third-order valence-corrected chi connectivity index (χ3v) is 2.79. The minimum Gasteiger partial charge on any atom is -0.496 e. The molecule has 5 nitrogen and oxygen atoms in total. The van der Waals surface area contributed by atoms with Gasteiger partial charge in [-0.2, -0.15) is 5.26 Å². The highest BCUT2D eigenvalue weighted by molar-refractivity contribution is 5.91. The summed E-state index contributed by atoms with van der Waals surface area (Å²) < 4.78 is 15.5. The molecule has 0 fully saturated rings. The van der Waals surface area contributed by atoms with Gasteiger partial charge in [0.05, 0.1) is 31.4 Å². The van der Waals surface area contributed by atoms with Crippen molar-refractivity contribution in [2.45, 2.75) is 0 Å². The molecule has 0 heterocycles. The molecule has 2 aromatic carbocycles. The molecule has 0 aromatic heterocycles. The second-order valence-corrected chi connectivity index (χ2v) is 4.13. The molecule has 5 heteroatoms. The van der Waals surface area contributed by atoms with E-state index in [1.807, 2.05) is 6.07 Å². The first-order valence-corrected chi connectivity index (χ1v) is 6.11. The lowest BCUT2D eigenvalue weighted by atomic mass is 10.1. The lowest BCUT2D eigenvalue weighted by Gasteiger charge is -2.09. The molecule has 2 rings (SSSR count). The van der Waals surface area contributed by atoms with Crippen LogP contribution in [-0.2, 0) is 0 Å². The van der Waals surface area contributed by atoms with Gasteiger partial charge in [0.25, 0.3) is 0 Å². The van der Waals surface area contributed by atoms with Crippen molar-refractivity contribution in [1.82, 2.24) is 0 Å².